The van der Waals surface area contributed by atoms with Gasteiger partial charge in [0.15, 0.2) is 0 Å². The highest BCUT2D eigenvalue weighted by Crippen LogP contribution is 2.24. The molecule has 0 saturated heterocycles. The Kier molecular flexibility index (Phi) is 6.53. The number of carbonyl (C=O) groups excluding carboxylic acids is 1. The van der Waals surface area contributed by atoms with Gasteiger partial charge in [0.25, 0.3) is 5.91 Å². The Morgan fingerprint density at radius 1 is 1.30 bits per heavy atom. The summed E-state index contributed by atoms with van der Waals surface area (Å²) in [5, 5.41) is 8.39. The first kappa shape index (κ1) is 19.5. The van der Waals surface area contributed by atoms with Crippen LogP contribution in [0.2, 0.25) is 5.02 Å². The van der Waals surface area contributed by atoms with Crippen molar-refractivity contribution in [1.29, 1.82) is 0 Å². The molecule has 0 radical (unpaired) electrons. The van der Waals surface area contributed by atoms with Crippen molar-refractivity contribution in [3.8, 4) is 0 Å². The van der Waals surface area contributed by atoms with Crippen molar-refractivity contribution >= 4 is 29.3 Å². The predicted octanol–water partition coefficient (Wildman–Crippen LogP) is 4.68. The van der Waals surface area contributed by atoms with E-state index in [9.17, 15) is 4.79 Å². The molecule has 1 amide bonds. The number of halogens is 1. The Morgan fingerprint density at radius 3 is 2.78 bits per heavy atom. The standard InChI is InChI=1S/C20H20ClN3O2S/c1-13(10-15-5-7-16(21)8-6-15)23-19(25)18-4-3-9-22-20(18)27-12-17-11-14(2)26-24-17/h3-9,11,13H,10,12H2,1-2H3,(H,23,25)/t13-/m1/s1. The summed E-state index contributed by atoms with van der Waals surface area (Å²) in [5.74, 6) is 1.22. The van der Waals surface area contributed by atoms with Gasteiger partial charge in [-0.15, -0.1) is 0 Å². The number of nitrogens with zero attached hydrogens (tertiary/aromatic N) is 2. The zero-order chi connectivity index (χ0) is 19.2. The van der Waals surface area contributed by atoms with Gasteiger partial charge in [-0.3, -0.25) is 4.79 Å². The molecule has 1 atom stereocenters. The fourth-order valence-corrected chi connectivity index (χ4v) is 3.63. The molecule has 0 unspecified atom stereocenters. The Labute approximate surface area is 167 Å². The second kappa shape index (κ2) is 9.06. The van der Waals surface area contributed by atoms with Crippen molar-refractivity contribution in [3.63, 3.8) is 0 Å². The van der Waals surface area contributed by atoms with E-state index < -0.39 is 0 Å². The predicted molar refractivity (Wildman–Crippen MR) is 107 cm³/mol. The third-order valence-corrected chi connectivity index (χ3v) is 5.17. The molecule has 0 spiro atoms. The number of rotatable bonds is 7. The Bertz CT molecular complexity index is 912. The van der Waals surface area contributed by atoms with Crippen molar-refractivity contribution in [2.24, 2.45) is 0 Å². The average Bonchev–Trinajstić information content (AvgIpc) is 3.07. The summed E-state index contributed by atoms with van der Waals surface area (Å²) in [6, 6.07) is 13.1. The van der Waals surface area contributed by atoms with Crippen LogP contribution in [0.25, 0.3) is 0 Å². The van der Waals surface area contributed by atoms with Crippen LogP contribution in [0.1, 0.15) is 34.3 Å². The number of benzene rings is 1. The zero-order valence-corrected chi connectivity index (χ0v) is 16.7. The number of nitrogens with one attached hydrogen (secondary N) is 1. The third-order valence-electron chi connectivity index (χ3n) is 3.88. The average molecular weight is 402 g/mol. The van der Waals surface area contributed by atoms with Crippen LogP contribution in [-0.4, -0.2) is 22.1 Å². The normalized spacial score (nSPS) is 12.0. The number of aryl methyl sites for hydroxylation is 1. The zero-order valence-electron chi connectivity index (χ0n) is 15.1. The molecule has 0 fully saturated rings. The van der Waals surface area contributed by atoms with Crippen molar-refractivity contribution < 1.29 is 9.32 Å². The van der Waals surface area contributed by atoms with Crippen molar-refractivity contribution in [2.45, 2.75) is 37.1 Å². The molecule has 1 aromatic carbocycles. The molecular formula is C20H20ClN3O2S. The lowest BCUT2D eigenvalue weighted by atomic mass is 10.1. The van der Waals surface area contributed by atoms with Gasteiger partial charge in [0.05, 0.1) is 11.3 Å². The molecule has 2 aromatic heterocycles. The van der Waals surface area contributed by atoms with E-state index in [2.05, 4.69) is 15.5 Å². The minimum absolute atomic E-state index is 0.0186. The molecule has 5 nitrogen and oxygen atoms in total. The van der Waals surface area contributed by atoms with Crippen LogP contribution < -0.4 is 5.32 Å². The summed E-state index contributed by atoms with van der Waals surface area (Å²) in [7, 11) is 0. The van der Waals surface area contributed by atoms with Gasteiger partial charge in [0, 0.05) is 29.1 Å². The van der Waals surface area contributed by atoms with E-state index in [4.69, 9.17) is 16.1 Å². The number of thioether (sulfide) groups is 1. The van der Waals surface area contributed by atoms with Crippen LogP contribution in [0, 0.1) is 6.92 Å². The van der Waals surface area contributed by atoms with Crippen LogP contribution in [0.5, 0.6) is 0 Å². The molecule has 27 heavy (non-hydrogen) atoms. The maximum atomic E-state index is 12.7. The highest BCUT2D eigenvalue weighted by molar-refractivity contribution is 7.98. The van der Waals surface area contributed by atoms with Gasteiger partial charge in [-0.2, -0.15) is 0 Å². The lowest BCUT2D eigenvalue weighted by molar-refractivity contribution is 0.0936. The Morgan fingerprint density at radius 2 is 2.07 bits per heavy atom. The molecule has 3 rings (SSSR count). The molecule has 1 N–H and O–H groups in total. The van der Waals surface area contributed by atoms with Gasteiger partial charge in [0.2, 0.25) is 0 Å². The lowest BCUT2D eigenvalue weighted by Gasteiger charge is -2.15. The molecule has 140 valence electrons. The van der Waals surface area contributed by atoms with E-state index in [1.807, 2.05) is 44.2 Å². The smallest absolute Gasteiger partial charge is 0.254 e. The van der Waals surface area contributed by atoms with Crippen LogP contribution in [0.15, 0.2) is 58.2 Å². The number of hydrogen-bond acceptors (Lipinski definition) is 5. The quantitative estimate of drug-likeness (QED) is 0.582. The van der Waals surface area contributed by atoms with E-state index in [1.54, 1.807) is 18.3 Å². The highest BCUT2D eigenvalue weighted by atomic mass is 35.5. The minimum atomic E-state index is -0.136. The number of hydrogen-bond donors (Lipinski definition) is 1. The summed E-state index contributed by atoms with van der Waals surface area (Å²) < 4.78 is 5.08. The first-order valence-electron chi connectivity index (χ1n) is 8.56. The number of pyridine rings is 1. The molecular weight excluding hydrogens is 382 g/mol. The van der Waals surface area contributed by atoms with E-state index in [1.165, 1.54) is 11.8 Å². The first-order chi connectivity index (χ1) is 13.0. The second-order valence-electron chi connectivity index (χ2n) is 6.28. The molecule has 0 saturated carbocycles. The van der Waals surface area contributed by atoms with Gasteiger partial charge in [-0.05, 0) is 50.1 Å². The number of carbonyl (C=O) groups is 1. The summed E-state index contributed by atoms with van der Waals surface area (Å²) >= 11 is 7.38. The summed E-state index contributed by atoms with van der Waals surface area (Å²) in [5.41, 5.74) is 2.51. The lowest BCUT2D eigenvalue weighted by Crippen LogP contribution is -2.34. The van der Waals surface area contributed by atoms with Gasteiger partial charge < -0.3 is 9.84 Å². The number of aromatic nitrogens is 2. The van der Waals surface area contributed by atoms with Crippen molar-refractivity contribution in [1.82, 2.24) is 15.5 Å². The first-order valence-corrected chi connectivity index (χ1v) is 9.93. The van der Waals surface area contributed by atoms with E-state index in [0.29, 0.717) is 21.4 Å². The summed E-state index contributed by atoms with van der Waals surface area (Å²) in [6.45, 7) is 3.83. The molecule has 7 heteroatoms. The Balaban J connectivity index is 1.62. The molecule has 3 aromatic rings. The highest BCUT2D eigenvalue weighted by Gasteiger charge is 2.16. The molecule has 2 heterocycles. The van der Waals surface area contributed by atoms with Crippen LogP contribution in [0.4, 0.5) is 0 Å². The van der Waals surface area contributed by atoms with Crippen LogP contribution in [-0.2, 0) is 12.2 Å². The molecule has 0 aliphatic heterocycles. The van der Waals surface area contributed by atoms with Crippen LogP contribution >= 0.6 is 23.4 Å². The molecule has 0 aliphatic carbocycles. The van der Waals surface area contributed by atoms with Gasteiger partial charge in [-0.1, -0.05) is 40.7 Å². The fourth-order valence-electron chi connectivity index (χ4n) is 2.63. The van der Waals surface area contributed by atoms with Crippen LogP contribution in [0.3, 0.4) is 0 Å². The third kappa shape index (κ3) is 5.58. The molecule has 0 bridgehead atoms. The maximum absolute atomic E-state index is 12.7. The van der Waals surface area contributed by atoms with E-state index >= 15 is 0 Å². The second-order valence-corrected chi connectivity index (χ2v) is 7.68. The van der Waals surface area contributed by atoms with Gasteiger partial charge in [0.1, 0.15) is 10.8 Å². The largest absolute Gasteiger partial charge is 0.361 e. The summed E-state index contributed by atoms with van der Waals surface area (Å²) in [4.78, 5) is 17.1. The van der Waals surface area contributed by atoms with Gasteiger partial charge in [-0.25, -0.2) is 4.98 Å². The van der Waals surface area contributed by atoms with E-state index in [0.717, 1.165) is 23.4 Å². The topological polar surface area (TPSA) is 68.0 Å². The monoisotopic (exact) mass is 401 g/mol. The number of amides is 1. The van der Waals surface area contributed by atoms with Gasteiger partial charge >= 0.3 is 0 Å². The molecule has 0 aliphatic rings. The summed E-state index contributed by atoms with van der Waals surface area (Å²) in [6.07, 6.45) is 2.41. The fraction of sp³-hybridized carbons (Fsp3) is 0.250. The SMILES string of the molecule is Cc1cc(CSc2ncccc2C(=O)N[C@H](C)Cc2ccc(Cl)cc2)no1. The van der Waals surface area contributed by atoms with Crippen molar-refractivity contribution in [3.05, 3.63) is 76.3 Å². The minimum Gasteiger partial charge on any atom is -0.361 e. The maximum Gasteiger partial charge on any atom is 0.254 e. The Hall–Kier alpha value is -2.31. The van der Waals surface area contributed by atoms with Crippen molar-refractivity contribution in [2.75, 3.05) is 0 Å². The van der Waals surface area contributed by atoms with E-state index in [-0.39, 0.29) is 11.9 Å².